The van der Waals surface area contributed by atoms with Crippen molar-refractivity contribution in [3.05, 3.63) is 93.9 Å². The number of fused-ring (bicyclic) bond motifs is 8. The van der Waals surface area contributed by atoms with Gasteiger partial charge >= 0.3 is 0 Å². The Bertz CT molecular complexity index is 1210. The number of anilines is 1. The van der Waals surface area contributed by atoms with Crippen molar-refractivity contribution in [3.63, 3.8) is 0 Å². The van der Waals surface area contributed by atoms with Crippen LogP contribution in [-0.4, -0.2) is 20.2 Å². The van der Waals surface area contributed by atoms with Gasteiger partial charge in [-0.3, -0.25) is 5.10 Å². The van der Waals surface area contributed by atoms with E-state index in [9.17, 15) is 0 Å². The fourth-order valence-electron chi connectivity index (χ4n) is 4.92. The zero-order valence-electron chi connectivity index (χ0n) is 15.2. The van der Waals surface area contributed by atoms with Crippen LogP contribution in [0.3, 0.4) is 0 Å². The number of aromatic nitrogens is 4. The summed E-state index contributed by atoms with van der Waals surface area (Å²) in [6.45, 7) is 2.02. The molecule has 0 saturated heterocycles. The van der Waals surface area contributed by atoms with Gasteiger partial charge in [0.15, 0.2) is 0 Å². The van der Waals surface area contributed by atoms with Crippen molar-refractivity contribution >= 4 is 5.82 Å². The number of ether oxygens (including phenoxy) is 1. The average Bonchev–Trinajstić information content (AvgIpc) is 3.09. The lowest BCUT2D eigenvalue weighted by Crippen LogP contribution is -2.39. The maximum atomic E-state index is 6.48. The van der Waals surface area contributed by atoms with E-state index in [1.54, 1.807) is 0 Å². The van der Waals surface area contributed by atoms with Crippen LogP contribution in [-0.2, 0) is 11.8 Å². The van der Waals surface area contributed by atoms with Gasteiger partial charge in [-0.15, -0.1) is 5.10 Å². The minimum absolute atomic E-state index is 0.419. The molecule has 0 atom stereocenters. The predicted octanol–water partition coefficient (Wildman–Crippen LogP) is 3.48. The fraction of sp³-hybridized carbons (Fsp3) is 0.136. The maximum Gasteiger partial charge on any atom is 0.244 e. The number of nitrogens with zero attached hydrogens (tertiary/aromatic N) is 3. The van der Waals surface area contributed by atoms with Crippen LogP contribution in [0.15, 0.2) is 54.9 Å². The summed E-state index contributed by atoms with van der Waals surface area (Å²) < 4.78 is 6.06. The van der Waals surface area contributed by atoms with Gasteiger partial charge in [-0.05, 0) is 35.6 Å². The largest absolute Gasteiger partial charge is 0.418 e. The van der Waals surface area contributed by atoms with Gasteiger partial charge in [0.1, 0.15) is 12.1 Å². The van der Waals surface area contributed by atoms with Gasteiger partial charge in [0.05, 0.1) is 16.5 Å². The van der Waals surface area contributed by atoms with Crippen molar-refractivity contribution in [1.82, 2.24) is 20.2 Å². The third kappa shape index (κ3) is 1.70. The van der Waals surface area contributed by atoms with Crippen molar-refractivity contribution in [2.45, 2.75) is 18.8 Å². The minimum atomic E-state index is -0.670. The van der Waals surface area contributed by atoms with E-state index in [-0.39, 0.29) is 0 Å². The Balaban J connectivity index is 1.89. The zero-order chi connectivity index (χ0) is 18.9. The van der Waals surface area contributed by atoms with E-state index in [0.717, 1.165) is 23.2 Å². The van der Waals surface area contributed by atoms with Gasteiger partial charge in [-0.1, -0.05) is 48.5 Å². The molecule has 2 aromatic carbocycles. The van der Waals surface area contributed by atoms with E-state index < -0.39 is 5.41 Å². The molecule has 136 valence electrons. The van der Waals surface area contributed by atoms with Crippen LogP contribution in [0.25, 0.3) is 0 Å². The number of nitrogens with one attached hydrogen (secondary N) is 1. The lowest BCUT2D eigenvalue weighted by molar-refractivity contribution is 0.399. The van der Waals surface area contributed by atoms with E-state index in [0.29, 0.717) is 17.6 Å². The standard InChI is InChI=1S/C22H17N5O/c1-12-17-21(27-26-12)28-20-18(19(23)24-11-25-20)22(17)15-8-4-2-6-13(15)10-14-7-3-5-9-16(14)22/h2-9,11H,10H2,1H3,(H,26,27)(H2,23,24,25). The molecule has 1 aliphatic heterocycles. The summed E-state index contributed by atoms with van der Waals surface area (Å²) in [4.78, 5) is 8.75. The number of benzene rings is 2. The predicted molar refractivity (Wildman–Crippen MR) is 105 cm³/mol. The van der Waals surface area contributed by atoms with Crippen molar-refractivity contribution < 1.29 is 4.74 Å². The van der Waals surface area contributed by atoms with Crippen molar-refractivity contribution in [2.24, 2.45) is 0 Å². The number of rotatable bonds is 0. The number of nitrogens with two attached hydrogens (primary N) is 1. The molecule has 0 saturated carbocycles. The van der Waals surface area contributed by atoms with Crippen LogP contribution in [0, 0.1) is 6.92 Å². The Morgan fingerprint density at radius 3 is 2.32 bits per heavy atom. The molecular weight excluding hydrogens is 350 g/mol. The fourth-order valence-corrected chi connectivity index (χ4v) is 4.92. The second-order valence-corrected chi connectivity index (χ2v) is 7.31. The zero-order valence-corrected chi connectivity index (χ0v) is 15.2. The SMILES string of the molecule is Cc1[nH]nc2c1C1(c3ccccc3Cc3ccccc31)c1c(N)ncnc1O2. The molecule has 0 radical (unpaired) electrons. The molecule has 4 aromatic rings. The third-order valence-electron chi connectivity index (χ3n) is 5.92. The quantitative estimate of drug-likeness (QED) is 0.429. The highest BCUT2D eigenvalue weighted by Crippen LogP contribution is 2.59. The van der Waals surface area contributed by atoms with Crippen molar-refractivity contribution in [3.8, 4) is 11.8 Å². The first-order valence-electron chi connectivity index (χ1n) is 9.22. The Kier molecular flexibility index (Phi) is 2.86. The second-order valence-electron chi connectivity index (χ2n) is 7.31. The number of hydrogen-bond donors (Lipinski definition) is 2. The molecule has 0 fully saturated rings. The molecule has 28 heavy (non-hydrogen) atoms. The monoisotopic (exact) mass is 367 g/mol. The highest BCUT2D eigenvalue weighted by molar-refractivity contribution is 5.75. The molecule has 2 aromatic heterocycles. The highest BCUT2D eigenvalue weighted by Gasteiger charge is 2.53. The summed E-state index contributed by atoms with van der Waals surface area (Å²) in [5.41, 5.74) is 13.4. The highest BCUT2D eigenvalue weighted by atomic mass is 16.5. The van der Waals surface area contributed by atoms with Crippen LogP contribution in [0.2, 0.25) is 0 Å². The smallest absolute Gasteiger partial charge is 0.244 e. The second kappa shape index (κ2) is 5.19. The van der Waals surface area contributed by atoms with Crippen LogP contribution >= 0.6 is 0 Å². The lowest BCUT2D eigenvalue weighted by atomic mass is 9.59. The van der Waals surface area contributed by atoms with Gasteiger partial charge in [0.2, 0.25) is 11.8 Å². The van der Waals surface area contributed by atoms with Crippen LogP contribution in [0.1, 0.15) is 39.1 Å². The first-order valence-corrected chi connectivity index (χ1v) is 9.22. The van der Waals surface area contributed by atoms with Gasteiger partial charge in [-0.25, -0.2) is 9.97 Å². The topological polar surface area (TPSA) is 89.7 Å². The molecular formula is C22H17N5O. The van der Waals surface area contributed by atoms with Gasteiger partial charge < -0.3 is 10.5 Å². The summed E-state index contributed by atoms with van der Waals surface area (Å²) >= 11 is 0. The van der Waals surface area contributed by atoms with E-state index in [1.165, 1.54) is 28.6 Å². The molecule has 3 N–H and O–H groups in total. The summed E-state index contributed by atoms with van der Waals surface area (Å²) in [5.74, 6) is 1.41. The van der Waals surface area contributed by atoms with E-state index in [2.05, 4.69) is 68.7 Å². The van der Waals surface area contributed by atoms with Gasteiger partial charge in [-0.2, -0.15) is 0 Å². The number of aryl methyl sites for hydroxylation is 1. The molecule has 1 spiro atoms. The summed E-state index contributed by atoms with van der Waals surface area (Å²) in [7, 11) is 0. The first kappa shape index (κ1) is 15.4. The maximum absolute atomic E-state index is 6.48. The van der Waals surface area contributed by atoms with E-state index >= 15 is 0 Å². The molecule has 0 amide bonds. The molecule has 6 nitrogen and oxygen atoms in total. The lowest BCUT2D eigenvalue weighted by Gasteiger charge is -2.44. The van der Waals surface area contributed by atoms with Crippen LogP contribution < -0.4 is 10.5 Å². The molecule has 1 aliphatic carbocycles. The van der Waals surface area contributed by atoms with Crippen molar-refractivity contribution in [1.29, 1.82) is 0 Å². The van der Waals surface area contributed by atoms with Crippen molar-refractivity contribution in [2.75, 3.05) is 5.73 Å². The van der Waals surface area contributed by atoms with E-state index in [1.807, 2.05) is 6.92 Å². The molecule has 3 heterocycles. The average molecular weight is 367 g/mol. The number of hydrogen-bond acceptors (Lipinski definition) is 5. The molecule has 0 unspecified atom stereocenters. The third-order valence-corrected chi connectivity index (χ3v) is 5.92. The summed E-state index contributed by atoms with van der Waals surface area (Å²) in [5, 5.41) is 7.53. The Morgan fingerprint density at radius 2 is 1.61 bits per heavy atom. The normalized spacial score (nSPS) is 15.2. The Morgan fingerprint density at radius 1 is 0.929 bits per heavy atom. The summed E-state index contributed by atoms with van der Waals surface area (Å²) in [6, 6.07) is 17.0. The van der Waals surface area contributed by atoms with Crippen LogP contribution in [0.4, 0.5) is 5.82 Å². The Hall–Kier alpha value is -3.67. The molecule has 6 heteroatoms. The molecule has 2 aliphatic rings. The Labute approximate surface area is 161 Å². The summed E-state index contributed by atoms with van der Waals surface area (Å²) in [6.07, 6.45) is 2.30. The molecule has 0 bridgehead atoms. The van der Waals surface area contributed by atoms with Gasteiger partial charge in [0.25, 0.3) is 0 Å². The number of nitrogen functional groups attached to an aromatic ring is 1. The van der Waals surface area contributed by atoms with Crippen LogP contribution in [0.5, 0.6) is 11.8 Å². The minimum Gasteiger partial charge on any atom is -0.418 e. The van der Waals surface area contributed by atoms with Gasteiger partial charge in [0, 0.05) is 5.69 Å². The number of H-pyrrole nitrogens is 1. The molecule has 6 rings (SSSR count). The first-order chi connectivity index (χ1) is 13.7. The van der Waals surface area contributed by atoms with E-state index in [4.69, 9.17) is 10.5 Å². The number of aromatic amines is 1.